The van der Waals surface area contributed by atoms with Crippen LogP contribution in [0.1, 0.15) is 22.5 Å². The van der Waals surface area contributed by atoms with Crippen LogP contribution in [-0.2, 0) is 6.61 Å². The zero-order chi connectivity index (χ0) is 14.7. The van der Waals surface area contributed by atoms with Gasteiger partial charge in [0.05, 0.1) is 17.3 Å². The summed E-state index contributed by atoms with van der Waals surface area (Å²) >= 11 is 1.53. The third-order valence-electron chi connectivity index (χ3n) is 3.42. The second-order valence-electron chi connectivity index (χ2n) is 4.99. The zero-order valence-electron chi connectivity index (χ0n) is 11.4. The summed E-state index contributed by atoms with van der Waals surface area (Å²) in [4.78, 5) is 18.0. The quantitative estimate of drug-likeness (QED) is 0.937. The number of amides is 1. The second-order valence-corrected chi connectivity index (χ2v) is 5.71. The molecule has 0 aliphatic carbocycles. The topological polar surface area (TPSA) is 62.7 Å². The molecule has 1 aromatic heterocycles. The van der Waals surface area contributed by atoms with Crippen molar-refractivity contribution < 1.29 is 14.6 Å². The number of aromatic nitrogens is 1. The highest BCUT2D eigenvalue weighted by atomic mass is 32.1. The monoisotopic (exact) mass is 304 g/mol. The van der Waals surface area contributed by atoms with Gasteiger partial charge in [-0.05, 0) is 30.7 Å². The van der Waals surface area contributed by atoms with Crippen LogP contribution in [0.2, 0.25) is 0 Å². The van der Waals surface area contributed by atoms with Crippen molar-refractivity contribution in [3.8, 4) is 5.75 Å². The molecule has 5 nitrogen and oxygen atoms in total. The standard InChI is InChI=1S/C15H16N2O3S/c18-13-5-6-17(7-13)15(19)11-1-3-14(4-2-11)20-8-12-9-21-10-16-12/h1-4,9-10,13,18H,5-8H2/t13-/m1/s1. The molecule has 1 N–H and O–H groups in total. The molecule has 1 saturated heterocycles. The van der Waals surface area contributed by atoms with Crippen LogP contribution < -0.4 is 4.74 Å². The molecule has 21 heavy (non-hydrogen) atoms. The Morgan fingerprint density at radius 1 is 1.43 bits per heavy atom. The van der Waals surface area contributed by atoms with Crippen LogP contribution in [0.5, 0.6) is 5.75 Å². The summed E-state index contributed by atoms with van der Waals surface area (Å²) in [6.45, 7) is 1.46. The molecule has 0 saturated carbocycles. The first-order chi connectivity index (χ1) is 10.2. The van der Waals surface area contributed by atoms with Gasteiger partial charge in [-0.25, -0.2) is 4.98 Å². The summed E-state index contributed by atoms with van der Waals surface area (Å²) in [7, 11) is 0. The summed E-state index contributed by atoms with van der Waals surface area (Å²) in [5, 5.41) is 11.4. The first-order valence-corrected chi connectivity index (χ1v) is 7.74. The van der Waals surface area contributed by atoms with Gasteiger partial charge in [-0.3, -0.25) is 4.79 Å². The molecule has 110 valence electrons. The number of benzene rings is 1. The highest BCUT2D eigenvalue weighted by Gasteiger charge is 2.25. The highest BCUT2D eigenvalue weighted by molar-refractivity contribution is 7.07. The van der Waals surface area contributed by atoms with E-state index >= 15 is 0 Å². The number of carbonyl (C=O) groups is 1. The average molecular weight is 304 g/mol. The SMILES string of the molecule is O=C(c1ccc(OCc2cscn2)cc1)N1CC[C@@H](O)C1. The highest BCUT2D eigenvalue weighted by Crippen LogP contribution is 2.18. The van der Waals surface area contributed by atoms with Crippen molar-refractivity contribution in [3.05, 3.63) is 46.4 Å². The third kappa shape index (κ3) is 3.40. The lowest BCUT2D eigenvalue weighted by Crippen LogP contribution is -2.29. The van der Waals surface area contributed by atoms with Gasteiger partial charge in [0.2, 0.25) is 0 Å². The van der Waals surface area contributed by atoms with Gasteiger partial charge < -0.3 is 14.7 Å². The number of aliphatic hydroxyl groups excluding tert-OH is 1. The average Bonchev–Trinajstić information content (AvgIpc) is 3.16. The summed E-state index contributed by atoms with van der Waals surface area (Å²) in [5.41, 5.74) is 3.28. The molecule has 3 rings (SSSR count). The van der Waals surface area contributed by atoms with Gasteiger partial charge in [0.25, 0.3) is 5.91 Å². The molecule has 2 aromatic rings. The first kappa shape index (κ1) is 14.0. The fourth-order valence-corrected chi connectivity index (χ4v) is 2.81. The minimum absolute atomic E-state index is 0.0439. The summed E-state index contributed by atoms with van der Waals surface area (Å²) in [6, 6.07) is 7.07. The Morgan fingerprint density at radius 2 is 2.24 bits per heavy atom. The van der Waals surface area contributed by atoms with Gasteiger partial charge in [0.15, 0.2) is 0 Å². The van der Waals surface area contributed by atoms with Crippen LogP contribution in [0.15, 0.2) is 35.2 Å². The molecule has 6 heteroatoms. The van der Waals surface area contributed by atoms with Crippen LogP contribution >= 0.6 is 11.3 Å². The molecule has 1 aliphatic heterocycles. The van der Waals surface area contributed by atoms with Crippen LogP contribution in [0.25, 0.3) is 0 Å². The maximum Gasteiger partial charge on any atom is 0.253 e. The Bertz CT molecular complexity index is 598. The second kappa shape index (κ2) is 6.24. The van der Waals surface area contributed by atoms with Gasteiger partial charge >= 0.3 is 0 Å². The number of nitrogens with zero attached hydrogens (tertiary/aromatic N) is 2. The fourth-order valence-electron chi connectivity index (χ4n) is 2.27. The molecular weight excluding hydrogens is 288 g/mol. The van der Waals surface area contributed by atoms with E-state index < -0.39 is 6.10 Å². The van der Waals surface area contributed by atoms with E-state index in [9.17, 15) is 9.90 Å². The smallest absolute Gasteiger partial charge is 0.253 e. The maximum atomic E-state index is 12.2. The van der Waals surface area contributed by atoms with Crippen LogP contribution in [0.3, 0.4) is 0 Å². The van der Waals surface area contributed by atoms with Gasteiger partial charge in [0.1, 0.15) is 12.4 Å². The molecule has 0 bridgehead atoms. The lowest BCUT2D eigenvalue weighted by atomic mass is 10.2. The zero-order valence-corrected chi connectivity index (χ0v) is 12.3. The van der Waals surface area contributed by atoms with Crippen molar-refractivity contribution in [2.45, 2.75) is 19.1 Å². The van der Waals surface area contributed by atoms with E-state index in [1.165, 1.54) is 11.3 Å². The van der Waals surface area contributed by atoms with Crippen LogP contribution in [-0.4, -0.2) is 40.1 Å². The Hall–Kier alpha value is -1.92. The minimum atomic E-state index is -0.394. The van der Waals surface area contributed by atoms with Crippen LogP contribution in [0.4, 0.5) is 0 Å². The van der Waals surface area contributed by atoms with Crippen molar-refractivity contribution in [3.63, 3.8) is 0 Å². The molecule has 1 fully saturated rings. The van der Waals surface area contributed by atoms with Crippen molar-refractivity contribution in [2.24, 2.45) is 0 Å². The number of aliphatic hydroxyl groups is 1. The number of hydrogen-bond donors (Lipinski definition) is 1. The molecular formula is C15H16N2O3S. The number of ether oxygens (including phenoxy) is 1. The molecule has 1 atom stereocenters. The Balaban J connectivity index is 1.59. The molecule has 0 unspecified atom stereocenters. The number of likely N-dealkylation sites (tertiary alicyclic amines) is 1. The van der Waals surface area contributed by atoms with E-state index in [2.05, 4.69) is 4.98 Å². The third-order valence-corrected chi connectivity index (χ3v) is 4.06. The molecule has 1 amide bonds. The molecule has 1 aliphatic rings. The van der Waals surface area contributed by atoms with Crippen molar-refractivity contribution in [2.75, 3.05) is 13.1 Å². The number of hydrogen-bond acceptors (Lipinski definition) is 5. The van der Waals surface area contributed by atoms with E-state index in [-0.39, 0.29) is 5.91 Å². The number of β-amino-alcohol motifs (C(OH)–C–C–N with tert-alkyl or cyclic N) is 1. The summed E-state index contributed by atoms with van der Waals surface area (Å²) in [6.07, 6.45) is 0.260. The number of carbonyl (C=O) groups excluding carboxylic acids is 1. The number of rotatable bonds is 4. The molecule has 2 heterocycles. The van der Waals surface area contributed by atoms with Gasteiger partial charge in [-0.1, -0.05) is 0 Å². The summed E-state index contributed by atoms with van der Waals surface area (Å²) in [5.74, 6) is 0.665. The van der Waals surface area contributed by atoms with E-state index in [1.54, 1.807) is 34.7 Å². The Labute approximate surface area is 126 Å². The van der Waals surface area contributed by atoms with Crippen molar-refractivity contribution in [1.82, 2.24) is 9.88 Å². The lowest BCUT2D eigenvalue weighted by molar-refractivity contribution is 0.0765. The van der Waals surface area contributed by atoms with Gasteiger partial charge in [0, 0.05) is 24.0 Å². The minimum Gasteiger partial charge on any atom is -0.487 e. The molecule has 0 spiro atoms. The van der Waals surface area contributed by atoms with Crippen LogP contribution in [0, 0.1) is 0 Å². The van der Waals surface area contributed by atoms with Gasteiger partial charge in [-0.2, -0.15) is 0 Å². The maximum absolute atomic E-state index is 12.2. The predicted molar refractivity (Wildman–Crippen MR) is 79.4 cm³/mol. The van der Waals surface area contributed by atoms with Crippen molar-refractivity contribution >= 4 is 17.2 Å². The van der Waals surface area contributed by atoms with E-state index in [0.29, 0.717) is 37.4 Å². The molecule has 0 radical (unpaired) electrons. The normalized spacial score (nSPS) is 18.0. The summed E-state index contributed by atoms with van der Waals surface area (Å²) < 4.78 is 5.61. The van der Waals surface area contributed by atoms with E-state index in [1.807, 2.05) is 5.38 Å². The predicted octanol–water partition coefficient (Wildman–Crippen LogP) is 1.93. The first-order valence-electron chi connectivity index (χ1n) is 6.79. The molecule has 1 aromatic carbocycles. The van der Waals surface area contributed by atoms with E-state index in [4.69, 9.17) is 4.74 Å². The van der Waals surface area contributed by atoms with Gasteiger partial charge in [-0.15, -0.1) is 11.3 Å². The number of thiazole rings is 1. The lowest BCUT2D eigenvalue weighted by Gasteiger charge is -2.15. The fraction of sp³-hybridized carbons (Fsp3) is 0.333. The Kier molecular flexibility index (Phi) is 4.17. The Morgan fingerprint density at radius 3 is 2.86 bits per heavy atom. The van der Waals surface area contributed by atoms with E-state index in [0.717, 1.165) is 5.69 Å². The largest absolute Gasteiger partial charge is 0.487 e. The van der Waals surface area contributed by atoms with Crippen molar-refractivity contribution in [1.29, 1.82) is 0 Å².